The molecule has 1 aromatic carbocycles. The maximum Gasteiger partial charge on any atom is 0.343 e. The van der Waals surface area contributed by atoms with Crippen LogP contribution in [0.2, 0.25) is 0 Å². The van der Waals surface area contributed by atoms with Crippen LogP contribution in [0.25, 0.3) is 11.4 Å². The van der Waals surface area contributed by atoms with Crippen molar-refractivity contribution >= 4 is 11.8 Å². The fraction of sp³-hybridized carbons (Fsp3) is 0.214. The van der Waals surface area contributed by atoms with Crippen molar-refractivity contribution in [2.75, 3.05) is 12.3 Å². The quantitative estimate of drug-likeness (QED) is 0.853. The predicted molar refractivity (Wildman–Crippen MR) is 72.6 cm³/mol. The number of ether oxygens (including phenoxy) is 1. The lowest BCUT2D eigenvalue weighted by Crippen LogP contribution is -2.10. The van der Waals surface area contributed by atoms with E-state index >= 15 is 0 Å². The zero-order valence-electron chi connectivity index (χ0n) is 10.9. The summed E-state index contributed by atoms with van der Waals surface area (Å²) in [7, 11) is 0. The van der Waals surface area contributed by atoms with Crippen LogP contribution in [0, 0.1) is 6.92 Å². The van der Waals surface area contributed by atoms with Gasteiger partial charge in [0.2, 0.25) is 0 Å². The van der Waals surface area contributed by atoms with Gasteiger partial charge in [-0.3, -0.25) is 0 Å². The van der Waals surface area contributed by atoms with Crippen molar-refractivity contribution in [3.05, 3.63) is 41.6 Å². The van der Waals surface area contributed by atoms with Crippen LogP contribution >= 0.6 is 0 Å². The molecule has 0 unspecified atom stereocenters. The van der Waals surface area contributed by atoms with E-state index in [1.807, 2.05) is 31.2 Å². The Morgan fingerprint density at radius 1 is 1.42 bits per heavy atom. The number of aromatic nitrogens is 2. The third kappa shape index (κ3) is 2.88. The molecule has 0 saturated heterocycles. The topological polar surface area (TPSA) is 78.1 Å². The molecular formula is C14H15N3O2. The Hall–Kier alpha value is -2.43. The molecule has 2 rings (SSSR count). The van der Waals surface area contributed by atoms with Gasteiger partial charge in [0.15, 0.2) is 5.82 Å². The SMILES string of the molecule is CCOC(=O)c1cnc(-c2cccc(C)c2)nc1N. The van der Waals surface area contributed by atoms with E-state index in [1.165, 1.54) is 6.20 Å². The summed E-state index contributed by atoms with van der Waals surface area (Å²) < 4.78 is 4.87. The van der Waals surface area contributed by atoms with Crippen LogP contribution in [0.5, 0.6) is 0 Å². The number of benzene rings is 1. The molecule has 1 heterocycles. The molecule has 2 N–H and O–H groups in total. The lowest BCUT2D eigenvalue weighted by atomic mass is 10.1. The Morgan fingerprint density at radius 3 is 2.84 bits per heavy atom. The van der Waals surface area contributed by atoms with Gasteiger partial charge in [-0.25, -0.2) is 14.8 Å². The van der Waals surface area contributed by atoms with Crippen molar-refractivity contribution in [2.24, 2.45) is 0 Å². The van der Waals surface area contributed by atoms with Gasteiger partial charge in [0.25, 0.3) is 0 Å². The zero-order valence-corrected chi connectivity index (χ0v) is 10.9. The highest BCUT2D eigenvalue weighted by molar-refractivity contribution is 5.94. The van der Waals surface area contributed by atoms with Gasteiger partial charge < -0.3 is 10.5 Å². The first-order chi connectivity index (χ1) is 9.11. The van der Waals surface area contributed by atoms with Crippen LogP contribution in [0.4, 0.5) is 5.82 Å². The highest BCUT2D eigenvalue weighted by atomic mass is 16.5. The maximum atomic E-state index is 11.6. The molecule has 19 heavy (non-hydrogen) atoms. The van der Waals surface area contributed by atoms with Crippen molar-refractivity contribution in [3.8, 4) is 11.4 Å². The van der Waals surface area contributed by atoms with E-state index < -0.39 is 5.97 Å². The Morgan fingerprint density at radius 2 is 2.21 bits per heavy atom. The number of carbonyl (C=O) groups excluding carboxylic acids is 1. The van der Waals surface area contributed by atoms with Crippen molar-refractivity contribution < 1.29 is 9.53 Å². The molecule has 0 radical (unpaired) electrons. The van der Waals surface area contributed by atoms with E-state index in [-0.39, 0.29) is 18.0 Å². The highest BCUT2D eigenvalue weighted by Gasteiger charge is 2.14. The number of aryl methyl sites for hydroxylation is 1. The molecule has 5 nitrogen and oxygen atoms in total. The second kappa shape index (κ2) is 5.48. The van der Waals surface area contributed by atoms with Crippen LogP contribution in [0.3, 0.4) is 0 Å². The van der Waals surface area contributed by atoms with E-state index in [0.29, 0.717) is 5.82 Å². The summed E-state index contributed by atoms with van der Waals surface area (Å²) in [5.41, 5.74) is 7.94. The minimum absolute atomic E-state index is 0.130. The second-order valence-corrected chi connectivity index (χ2v) is 4.08. The first-order valence-corrected chi connectivity index (χ1v) is 5.98. The average molecular weight is 257 g/mol. The Balaban J connectivity index is 2.36. The van der Waals surface area contributed by atoms with E-state index in [1.54, 1.807) is 6.92 Å². The van der Waals surface area contributed by atoms with E-state index in [4.69, 9.17) is 10.5 Å². The molecule has 2 aromatic rings. The minimum atomic E-state index is -0.504. The molecule has 0 fully saturated rings. The zero-order chi connectivity index (χ0) is 13.8. The number of esters is 1. The molecule has 0 atom stereocenters. The number of hydrogen-bond acceptors (Lipinski definition) is 5. The van der Waals surface area contributed by atoms with E-state index in [9.17, 15) is 4.79 Å². The Bertz CT molecular complexity index is 611. The summed E-state index contributed by atoms with van der Waals surface area (Å²) in [5.74, 6) is 0.120. The summed E-state index contributed by atoms with van der Waals surface area (Å²) in [4.78, 5) is 19.9. The standard InChI is InChI=1S/C14H15N3O2/c1-3-19-14(18)11-8-16-13(17-12(11)15)10-6-4-5-9(2)7-10/h4-8H,3H2,1-2H3,(H2,15,16,17). The second-order valence-electron chi connectivity index (χ2n) is 4.08. The summed E-state index contributed by atoms with van der Waals surface area (Å²) >= 11 is 0. The third-order valence-electron chi connectivity index (χ3n) is 2.59. The van der Waals surface area contributed by atoms with Gasteiger partial charge in [0, 0.05) is 11.8 Å². The van der Waals surface area contributed by atoms with Gasteiger partial charge in [-0.1, -0.05) is 23.8 Å². The molecule has 0 saturated carbocycles. The molecule has 0 amide bonds. The summed E-state index contributed by atoms with van der Waals surface area (Å²) in [6, 6.07) is 7.76. The van der Waals surface area contributed by atoms with Crippen LogP contribution in [-0.2, 0) is 4.74 Å². The molecule has 0 bridgehead atoms. The fourth-order valence-corrected chi connectivity index (χ4v) is 1.68. The van der Waals surface area contributed by atoms with Crippen molar-refractivity contribution in [1.82, 2.24) is 9.97 Å². The molecule has 0 aliphatic rings. The minimum Gasteiger partial charge on any atom is -0.462 e. The van der Waals surface area contributed by atoms with Crippen LogP contribution in [-0.4, -0.2) is 22.5 Å². The summed E-state index contributed by atoms with van der Waals surface area (Å²) in [5, 5.41) is 0. The normalized spacial score (nSPS) is 10.2. The number of nitrogens with two attached hydrogens (primary N) is 1. The number of rotatable bonds is 3. The van der Waals surface area contributed by atoms with Gasteiger partial charge in [-0.2, -0.15) is 0 Å². The van der Waals surface area contributed by atoms with Crippen LogP contribution in [0.15, 0.2) is 30.5 Å². The predicted octanol–water partition coefficient (Wildman–Crippen LogP) is 2.21. The third-order valence-corrected chi connectivity index (χ3v) is 2.59. The number of nitrogens with zero attached hydrogens (tertiary/aromatic N) is 2. The summed E-state index contributed by atoms with van der Waals surface area (Å²) in [6.45, 7) is 4.01. The first-order valence-electron chi connectivity index (χ1n) is 5.98. The van der Waals surface area contributed by atoms with Gasteiger partial charge in [-0.15, -0.1) is 0 Å². The van der Waals surface area contributed by atoms with Gasteiger partial charge in [0.05, 0.1) is 6.61 Å². The Kier molecular flexibility index (Phi) is 3.75. The van der Waals surface area contributed by atoms with Crippen molar-refractivity contribution in [1.29, 1.82) is 0 Å². The molecule has 0 aliphatic carbocycles. The average Bonchev–Trinajstić information content (AvgIpc) is 2.38. The first kappa shape index (κ1) is 13.0. The Labute approximate surface area is 111 Å². The van der Waals surface area contributed by atoms with Gasteiger partial charge in [-0.05, 0) is 19.9 Å². The molecule has 0 aliphatic heterocycles. The smallest absolute Gasteiger partial charge is 0.343 e. The molecule has 0 spiro atoms. The monoisotopic (exact) mass is 257 g/mol. The van der Waals surface area contributed by atoms with Crippen LogP contribution < -0.4 is 5.73 Å². The highest BCUT2D eigenvalue weighted by Crippen LogP contribution is 2.19. The number of hydrogen-bond donors (Lipinski definition) is 1. The van der Waals surface area contributed by atoms with Gasteiger partial charge >= 0.3 is 5.97 Å². The van der Waals surface area contributed by atoms with E-state index in [0.717, 1.165) is 11.1 Å². The summed E-state index contributed by atoms with van der Waals surface area (Å²) in [6.07, 6.45) is 1.40. The van der Waals surface area contributed by atoms with Crippen LogP contribution in [0.1, 0.15) is 22.8 Å². The number of carbonyl (C=O) groups is 1. The largest absolute Gasteiger partial charge is 0.462 e. The number of nitrogen functional groups attached to an aromatic ring is 1. The lowest BCUT2D eigenvalue weighted by molar-refractivity contribution is 0.0527. The molecule has 1 aromatic heterocycles. The maximum absolute atomic E-state index is 11.6. The van der Waals surface area contributed by atoms with Crippen molar-refractivity contribution in [3.63, 3.8) is 0 Å². The number of anilines is 1. The van der Waals surface area contributed by atoms with Gasteiger partial charge in [0.1, 0.15) is 11.4 Å². The molecular weight excluding hydrogens is 242 g/mol. The fourth-order valence-electron chi connectivity index (χ4n) is 1.68. The van der Waals surface area contributed by atoms with E-state index in [2.05, 4.69) is 9.97 Å². The molecule has 98 valence electrons. The van der Waals surface area contributed by atoms with Crippen molar-refractivity contribution in [2.45, 2.75) is 13.8 Å². The molecule has 5 heteroatoms. The lowest BCUT2D eigenvalue weighted by Gasteiger charge is -2.06.